The van der Waals surface area contributed by atoms with Gasteiger partial charge in [0.1, 0.15) is 23.0 Å². The Hall–Kier alpha value is -5.58. The molecule has 9 rings (SSSR count). The third-order valence-electron chi connectivity index (χ3n) is 14.5. The Kier molecular flexibility index (Phi) is 12.1. The quantitative estimate of drug-likeness (QED) is 0.0756. The van der Waals surface area contributed by atoms with Gasteiger partial charge < -0.3 is 24.5 Å². The number of sulfonamides is 1. The van der Waals surface area contributed by atoms with Gasteiger partial charge in [-0.05, 0) is 136 Å². The molecule has 65 heavy (non-hydrogen) atoms. The van der Waals surface area contributed by atoms with Crippen LogP contribution < -0.4 is 19.1 Å². The summed E-state index contributed by atoms with van der Waals surface area (Å²) in [6.45, 7) is 8.75. The van der Waals surface area contributed by atoms with Crippen molar-refractivity contribution in [3.8, 4) is 17.2 Å². The molecular formula is C49H57FN6O8S. The maximum atomic E-state index is 16.4. The smallest absolute Gasteiger partial charge is 0.312 e. The van der Waals surface area contributed by atoms with E-state index in [9.17, 15) is 28.4 Å². The molecule has 1 spiro atoms. The van der Waals surface area contributed by atoms with Gasteiger partial charge in [-0.15, -0.1) is 0 Å². The maximum Gasteiger partial charge on any atom is 0.312 e. The number of fused-ring (bicyclic) bond motifs is 1. The predicted molar refractivity (Wildman–Crippen MR) is 245 cm³/mol. The van der Waals surface area contributed by atoms with E-state index in [0.717, 1.165) is 55.8 Å². The summed E-state index contributed by atoms with van der Waals surface area (Å²) in [6.07, 6.45) is 12.0. The number of nitrogens with one attached hydrogen (secondary N) is 2. The SMILES string of the molecule is CC(C)c1ccccc1[C@@H]1CCCN1C1CC2(CCN(c3cc(Oc4cnc5[nH]ccc5c4)c(C(=O)NS(=O)(=O)c4ccc(OCC5CCC(C)(O)CC5)c([N+](=O)[O-])c4)cc3F)CC2)C1. The molecule has 1 atom stereocenters. The first kappa shape index (κ1) is 44.6. The second kappa shape index (κ2) is 17.7. The van der Waals surface area contributed by atoms with Crippen LogP contribution in [-0.2, 0) is 10.0 Å². The molecule has 3 N–H and O–H groups in total. The summed E-state index contributed by atoms with van der Waals surface area (Å²) in [5.74, 6) is -1.35. The topological polar surface area (TPSA) is 180 Å². The van der Waals surface area contributed by atoms with Gasteiger partial charge >= 0.3 is 5.69 Å². The van der Waals surface area contributed by atoms with Crippen molar-refractivity contribution in [2.75, 3.05) is 31.1 Å². The minimum Gasteiger partial charge on any atom is -0.487 e. The number of benzene rings is 3. The number of aromatic amines is 1. The molecular weight excluding hydrogens is 852 g/mol. The number of ether oxygens (including phenoxy) is 2. The minimum atomic E-state index is -4.72. The second-order valence-corrected chi connectivity index (χ2v) is 21.0. The number of aromatic nitrogens is 2. The highest BCUT2D eigenvalue weighted by Gasteiger charge is 2.50. The molecule has 0 unspecified atom stereocenters. The van der Waals surface area contributed by atoms with Crippen molar-refractivity contribution in [1.29, 1.82) is 0 Å². The fraction of sp³-hybridized carbons (Fsp3) is 0.469. The number of H-pyrrole nitrogens is 1. The fourth-order valence-electron chi connectivity index (χ4n) is 10.7. The number of pyridine rings is 1. The first-order valence-electron chi connectivity index (χ1n) is 22.8. The van der Waals surface area contributed by atoms with Crippen LogP contribution in [0.15, 0.2) is 84.0 Å². The number of carbonyl (C=O) groups excluding carboxylic acids is 1. The van der Waals surface area contributed by atoms with Crippen molar-refractivity contribution < 1.29 is 37.1 Å². The van der Waals surface area contributed by atoms with Gasteiger partial charge in [0.25, 0.3) is 15.9 Å². The first-order chi connectivity index (χ1) is 31.1. The third-order valence-corrected chi connectivity index (χ3v) is 15.8. The Balaban J connectivity index is 0.913. The van der Waals surface area contributed by atoms with Gasteiger partial charge in [0.15, 0.2) is 5.75 Å². The lowest BCUT2D eigenvalue weighted by Crippen LogP contribution is -2.55. The molecule has 4 fully saturated rings. The summed E-state index contributed by atoms with van der Waals surface area (Å²) in [5.41, 5.74) is 2.15. The minimum absolute atomic E-state index is 0.0652. The van der Waals surface area contributed by atoms with Crippen molar-refractivity contribution in [2.24, 2.45) is 11.3 Å². The summed E-state index contributed by atoms with van der Waals surface area (Å²) >= 11 is 0. The number of halogens is 1. The number of aliphatic hydroxyl groups is 1. The average molecular weight is 909 g/mol. The number of hydrogen-bond acceptors (Lipinski definition) is 11. The zero-order valence-electron chi connectivity index (χ0n) is 37.1. The van der Waals surface area contributed by atoms with E-state index in [1.807, 2.05) is 9.62 Å². The molecule has 4 aliphatic rings. The lowest BCUT2D eigenvalue weighted by atomic mass is 9.59. The predicted octanol–water partition coefficient (Wildman–Crippen LogP) is 9.55. The summed E-state index contributed by atoms with van der Waals surface area (Å²) in [7, 11) is -4.72. The molecule has 16 heteroatoms. The number of likely N-dealkylation sites (tertiary alicyclic amines) is 1. The molecule has 14 nitrogen and oxygen atoms in total. The summed E-state index contributed by atoms with van der Waals surface area (Å²) < 4.78 is 57.8. The largest absolute Gasteiger partial charge is 0.487 e. The van der Waals surface area contributed by atoms with Crippen LogP contribution in [0.3, 0.4) is 0 Å². The third kappa shape index (κ3) is 9.30. The van der Waals surface area contributed by atoms with Gasteiger partial charge in [0, 0.05) is 48.9 Å². The van der Waals surface area contributed by atoms with Crippen LogP contribution in [0.2, 0.25) is 0 Å². The molecule has 2 aliphatic heterocycles. The standard InChI is InChI=1S/C49H57FN6O8S/c1-31(2)37-7-4-5-8-38(37)41-9-6-20-55(41)34-27-49(28-34)17-21-54(22-18-49)42-26-45(64-35-23-33-14-19-51-46(33)52-29-35)39(25-40(42)50)47(57)53-65(61,62)36-10-11-44(43(24-36)56(59)60)63-30-32-12-15-48(3,58)16-13-32/h4-5,7-8,10-11,14,19,23-26,29,31-32,34,41,58H,6,9,12-13,15-18,20-22,27-28,30H2,1-3H3,(H,51,52)(H,53,57)/t32?,41-,48?/m0/s1. The highest BCUT2D eigenvalue weighted by molar-refractivity contribution is 7.90. The van der Waals surface area contributed by atoms with E-state index in [4.69, 9.17) is 9.47 Å². The van der Waals surface area contributed by atoms with Crippen molar-refractivity contribution >= 4 is 38.3 Å². The van der Waals surface area contributed by atoms with Crippen LogP contribution >= 0.6 is 0 Å². The molecule has 4 heterocycles. The van der Waals surface area contributed by atoms with Gasteiger partial charge in [-0.25, -0.2) is 22.5 Å². The maximum absolute atomic E-state index is 16.4. The number of nitrogens with zero attached hydrogens (tertiary/aromatic N) is 4. The van der Waals surface area contributed by atoms with Crippen molar-refractivity contribution in [3.05, 3.63) is 112 Å². The number of carbonyl (C=O) groups is 1. The molecule has 5 aromatic rings. The summed E-state index contributed by atoms with van der Waals surface area (Å²) in [5, 5.41) is 23.1. The highest BCUT2D eigenvalue weighted by Crippen LogP contribution is 2.54. The number of piperidine rings is 1. The fourth-order valence-corrected chi connectivity index (χ4v) is 11.7. The highest BCUT2D eigenvalue weighted by atomic mass is 32.2. The first-order valence-corrected chi connectivity index (χ1v) is 24.3. The molecule has 2 saturated carbocycles. The van der Waals surface area contributed by atoms with Crippen LogP contribution in [0.25, 0.3) is 11.0 Å². The van der Waals surface area contributed by atoms with Crippen molar-refractivity contribution in [2.45, 2.75) is 113 Å². The van der Waals surface area contributed by atoms with Crippen LogP contribution in [0.4, 0.5) is 15.8 Å². The monoisotopic (exact) mass is 908 g/mol. The molecule has 0 radical (unpaired) electrons. The molecule has 2 aromatic heterocycles. The van der Waals surface area contributed by atoms with E-state index in [-0.39, 0.29) is 46.4 Å². The van der Waals surface area contributed by atoms with Gasteiger partial charge in [0.05, 0.1) is 39.5 Å². The average Bonchev–Trinajstić information content (AvgIpc) is 3.96. The normalized spacial score (nSPS) is 22.6. The molecule has 2 saturated heterocycles. The molecule has 1 amide bonds. The number of nitro groups is 1. The lowest BCUT2D eigenvalue weighted by molar-refractivity contribution is -0.386. The van der Waals surface area contributed by atoms with Gasteiger partial charge in [-0.3, -0.25) is 19.8 Å². The number of amides is 1. The van der Waals surface area contributed by atoms with Gasteiger partial charge in [-0.1, -0.05) is 38.1 Å². The van der Waals surface area contributed by atoms with E-state index in [2.05, 4.69) is 53.0 Å². The molecule has 3 aromatic carbocycles. The lowest BCUT2D eigenvalue weighted by Gasteiger charge is -2.56. The number of hydrogen-bond donors (Lipinski definition) is 3. The Morgan fingerprint density at radius 1 is 1.02 bits per heavy atom. The van der Waals surface area contributed by atoms with E-state index >= 15 is 4.39 Å². The van der Waals surface area contributed by atoms with E-state index in [1.165, 1.54) is 42.3 Å². The number of rotatable bonds is 13. The van der Waals surface area contributed by atoms with Crippen molar-refractivity contribution in [1.82, 2.24) is 19.6 Å². The van der Waals surface area contributed by atoms with Gasteiger partial charge in [0.2, 0.25) is 0 Å². The Bertz CT molecular complexity index is 2700. The zero-order chi connectivity index (χ0) is 45.7. The van der Waals surface area contributed by atoms with Crippen LogP contribution in [-0.4, -0.2) is 77.1 Å². The zero-order valence-corrected chi connectivity index (χ0v) is 37.9. The van der Waals surface area contributed by atoms with Crippen LogP contribution in [0, 0.1) is 27.3 Å². The molecule has 2 aliphatic carbocycles. The second-order valence-electron chi connectivity index (χ2n) is 19.3. The number of anilines is 1. The van der Waals surface area contributed by atoms with Crippen LogP contribution in [0.5, 0.6) is 17.2 Å². The van der Waals surface area contributed by atoms with Crippen LogP contribution in [0.1, 0.15) is 118 Å². The number of nitro benzene ring substituents is 1. The summed E-state index contributed by atoms with van der Waals surface area (Å²) in [6, 6.07) is 18.8. The Morgan fingerprint density at radius 3 is 2.51 bits per heavy atom. The van der Waals surface area contributed by atoms with E-state index in [1.54, 1.807) is 25.3 Å². The van der Waals surface area contributed by atoms with E-state index in [0.29, 0.717) is 62.4 Å². The molecule has 0 bridgehead atoms. The Labute approximate surface area is 378 Å². The van der Waals surface area contributed by atoms with Crippen molar-refractivity contribution in [3.63, 3.8) is 0 Å². The molecule has 344 valence electrons. The summed E-state index contributed by atoms with van der Waals surface area (Å²) in [4.78, 5) is 36.8. The van der Waals surface area contributed by atoms with Gasteiger partial charge in [-0.2, -0.15) is 0 Å². The van der Waals surface area contributed by atoms with E-state index < -0.39 is 42.9 Å². The Morgan fingerprint density at radius 2 is 1.77 bits per heavy atom.